The Bertz CT molecular complexity index is 689. The summed E-state index contributed by atoms with van der Waals surface area (Å²) >= 11 is 0. The number of hydrogen-bond donors (Lipinski definition) is 1. The molecule has 21 heavy (non-hydrogen) atoms. The maximum atomic E-state index is 13.2. The van der Waals surface area contributed by atoms with Crippen LogP contribution in [0.3, 0.4) is 0 Å². The normalized spacial score (nSPS) is 28.0. The van der Waals surface area contributed by atoms with Gasteiger partial charge in [-0.25, -0.2) is 4.39 Å². The highest BCUT2D eigenvalue weighted by molar-refractivity contribution is 5.96. The number of carbonyl (C=O) groups is 1. The average molecular weight is 288 g/mol. The number of piperidine rings is 3. The molecule has 1 N–H and O–H groups in total. The molecule has 3 fully saturated rings. The van der Waals surface area contributed by atoms with E-state index in [2.05, 4.69) is 10.2 Å². The van der Waals surface area contributed by atoms with E-state index in [0.717, 1.165) is 32.5 Å². The highest BCUT2D eigenvalue weighted by atomic mass is 19.1. The molecule has 3 aliphatic heterocycles. The van der Waals surface area contributed by atoms with Crippen LogP contribution in [0.4, 0.5) is 4.39 Å². The molecule has 0 saturated carbocycles. The Morgan fingerprint density at radius 1 is 1.29 bits per heavy atom. The Hall–Kier alpha value is -1.88. The number of amides is 1. The largest absolute Gasteiger partial charge is 0.451 e. The third kappa shape index (κ3) is 2.31. The minimum atomic E-state index is -0.326. The number of nitrogens with zero attached hydrogens (tertiary/aromatic N) is 1. The van der Waals surface area contributed by atoms with Gasteiger partial charge in [0.25, 0.3) is 5.91 Å². The number of hydrogen-bond acceptors (Lipinski definition) is 3. The Kier molecular flexibility index (Phi) is 2.96. The van der Waals surface area contributed by atoms with Gasteiger partial charge < -0.3 is 14.6 Å². The number of nitrogens with one attached hydrogen (secondary N) is 1. The van der Waals surface area contributed by atoms with Gasteiger partial charge in [0.2, 0.25) is 0 Å². The van der Waals surface area contributed by atoms with Crippen LogP contribution in [0.2, 0.25) is 0 Å². The molecule has 3 aliphatic rings. The summed E-state index contributed by atoms with van der Waals surface area (Å²) in [5.74, 6) is 0.297. The van der Waals surface area contributed by atoms with Crippen LogP contribution in [0.25, 0.3) is 11.0 Å². The van der Waals surface area contributed by atoms with Gasteiger partial charge in [-0.3, -0.25) is 4.79 Å². The summed E-state index contributed by atoms with van der Waals surface area (Å²) in [7, 11) is 0. The lowest BCUT2D eigenvalue weighted by atomic mass is 9.84. The van der Waals surface area contributed by atoms with E-state index >= 15 is 0 Å². The number of fused-ring (bicyclic) bond motifs is 4. The Balaban J connectivity index is 1.53. The van der Waals surface area contributed by atoms with Gasteiger partial charge in [0.15, 0.2) is 5.76 Å². The molecule has 4 nitrogen and oxygen atoms in total. The predicted molar refractivity (Wildman–Crippen MR) is 76.6 cm³/mol. The van der Waals surface area contributed by atoms with E-state index in [1.165, 1.54) is 12.1 Å². The molecule has 1 aromatic heterocycles. The van der Waals surface area contributed by atoms with Crippen LogP contribution >= 0.6 is 0 Å². The molecule has 110 valence electrons. The van der Waals surface area contributed by atoms with Gasteiger partial charge in [0.1, 0.15) is 11.4 Å². The van der Waals surface area contributed by atoms with Crippen LogP contribution in [-0.2, 0) is 0 Å². The maximum absolute atomic E-state index is 13.2. The summed E-state index contributed by atoms with van der Waals surface area (Å²) in [6.07, 6.45) is 2.30. The average Bonchev–Trinajstić information content (AvgIpc) is 2.91. The van der Waals surface area contributed by atoms with Crippen molar-refractivity contribution < 1.29 is 13.6 Å². The lowest BCUT2D eigenvalue weighted by molar-refractivity contribution is 0.0607. The summed E-state index contributed by atoms with van der Waals surface area (Å²) in [4.78, 5) is 14.7. The summed E-state index contributed by atoms with van der Waals surface area (Å²) in [6.45, 7) is 3.20. The van der Waals surface area contributed by atoms with Gasteiger partial charge in [0, 0.05) is 18.0 Å². The fourth-order valence-corrected chi connectivity index (χ4v) is 3.49. The molecule has 3 saturated heterocycles. The smallest absolute Gasteiger partial charge is 0.287 e. The fraction of sp³-hybridized carbons (Fsp3) is 0.438. The first-order valence-electron chi connectivity index (χ1n) is 7.41. The number of rotatable bonds is 2. The molecule has 1 aromatic carbocycles. The molecule has 1 atom stereocenters. The van der Waals surface area contributed by atoms with Crippen LogP contribution in [0.5, 0.6) is 0 Å². The van der Waals surface area contributed by atoms with Crippen molar-refractivity contribution in [1.82, 2.24) is 10.2 Å². The number of benzene rings is 1. The van der Waals surface area contributed by atoms with E-state index in [4.69, 9.17) is 4.42 Å². The first kappa shape index (κ1) is 12.8. The monoisotopic (exact) mass is 288 g/mol. The first-order chi connectivity index (χ1) is 10.2. The van der Waals surface area contributed by atoms with Crippen LogP contribution in [0.1, 0.15) is 23.4 Å². The minimum Gasteiger partial charge on any atom is -0.451 e. The number of halogens is 1. The summed E-state index contributed by atoms with van der Waals surface area (Å²) < 4.78 is 18.7. The molecule has 5 heteroatoms. The summed E-state index contributed by atoms with van der Waals surface area (Å²) in [6, 6.07) is 6.07. The molecule has 2 aromatic rings. The SMILES string of the molecule is O=C(N[C@@H]1CN2CCC1CC2)c1cc2cc(F)ccc2o1. The first-order valence-corrected chi connectivity index (χ1v) is 7.41. The van der Waals surface area contributed by atoms with Crippen molar-refractivity contribution in [3.63, 3.8) is 0 Å². The third-order valence-electron chi connectivity index (χ3n) is 4.67. The molecule has 0 aliphatic carbocycles. The van der Waals surface area contributed by atoms with Crippen molar-refractivity contribution in [3.8, 4) is 0 Å². The fourth-order valence-electron chi connectivity index (χ4n) is 3.49. The molecule has 2 bridgehead atoms. The van der Waals surface area contributed by atoms with Crippen LogP contribution < -0.4 is 5.32 Å². The van der Waals surface area contributed by atoms with Crippen molar-refractivity contribution in [3.05, 3.63) is 35.8 Å². The topological polar surface area (TPSA) is 45.5 Å². The van der Waals surface area contributed by atoms with Crippen molar-refractivity contribution in [2.24, 2.45) is 5.92 Å². The van der Waals surface area contributed by atoms with Crippen molar-refractivity contribution in [2.45, 2.75) is 18.9 Å². The minimum absolute atomic E-state index is 0.199. The maximum Gasteiger partial charge on any atom is 0.287 e. The van der Waals surface area contributed by atoms with Crippen LogP contribution in [0.15, 0.2) is 28.7 Å². The number of furan rings is 1. The molecular weight excluding hydrogens is 271 g/mol. The second kappa shape index (κ2) is 4.84. The second-order valence-corrected chi connectivity index (χ2v) is 6.01. The van der Waals surface area contributed by atoms with Gasteiger partial charge in [-0.2, -0.15) is 0 Å². The van der Waals surface area contributed by atoms with E-state index in [-0.39, 0.29) is 23.5 Å². The standard InChI is InChI=1S/C16H17FN2O2/c17-12-1-2-14-11(7-12)8-15(21-14)16(20)18-13-9-19-5-3-10(13)4-6-19/h1-2,7-8,10,13H,3-6,9H2,(H,18,20)/t13-/m1/s1. The Morgan fingerprint density at radius 3 is 2.81 bits per heavy atom. The molecule has 0 radical (unpaired) electrons. The van der Waals surface area contributed by atoms with E-state index in [9.17, 15) is 9.18 Å². The van der Waals surface area contributed by atoms with Crippen LogP contribution in [0, 0.1) is 11.7 Å². The zero-order valence-corrected chi connectivity index (χ0v) is 11.6. The summed E-state index contributed by atoms with van der Waals surface area (Å²) in [5, 5.41) is 3.69. The van der Waals surface area contributed by atoms with Crippen molar-refractivity contribution in [2.75, 3.05) is 19.6 Å². The van der Waals surface area contributed by atoms with E-state index in [0.29, 0.717) is 16.9 Å². The highest BCUT2D eigenvalue weighted by Crippen LogP contribution is 2.28. The Labute approximate surface area is 121 Å². The van der Waals surface area contributed by atoms with E-state index < -0.39 is 0 Å². The molecular formula is C16H17FN2O2. The zero-order chi connectivity index (χ0) is 14.4. The van der Waals surface area contributed by atoms with E-state index in [1.54, 1.807) is 12.1 Å². The second-order valence-electron chi connectivity index (χ2n) is 6.01. The van der Waals surface area contributed by atoms with Gasteiger partial charge in [-0.1, -0.05) is 0 Å². The van der Waals surface area contributed by atoms with Crippen molar-refractivity contribution >= 4 is 16.9 Å². The quantitative estimate of drug-likeness (QED) is 0.923. The number of carbonyl (C=O) groups excluding carboxylic acids is 1. The van der Waals surface area contributed by atoms with Gasteiger partial charge >= 0.3 is 0 Å². The van der Waals surface area contributed by atoms with Crippen LogP contribution in [-0.4, -0.2) is 36.5 Å². The highest BCUT2D eigenvalue weighted by Gasteiger charge is 2.35. The Morgan fingerprint density at radius 2 is 2.10 bits per heavy atom. The van der Waals surface area contributed by atoms with Crippen molar-refractivity contribution in [1.29, 1.82) is 0 Å². The predicted octanol–water partition coefficient (Wildman–Crippen LogP) is 2.40. The zero-order valence-electron chi connectivity index (χ0n) is 11.6. The van der Waals surface area contributed by atoms with E-state index in [1.807, 2.05) is 0 Å². The molecule has 4 heterocycles. The van der Waals surface area contributed by atoms with Gasteiger partial charge in [0.05, 0.1) is 0 Å². The summed E-state index contributed by atoms with van der Waals surface area (Å²) in [5.41, 5.74) is 0.537. The van der Waals surface area contributed by atoms with Gasteiger partial charge in [-0.05, 0) is 56.1 Å². The molecule has 0 unspecified atom stereocenters. The molecule has 1 amide bonds. The lowest BCUT2D eigenvalue weighted by Gasteiger charge is -2.44. The lowest BCUT2D eigenvalue weighted by Crippen LogP contribution is -2.57. The molecule has 0 spiro atoms. The third-order valence-corrected chi connectivity index (χ3v) is 4.67. The van der Waals surface area contributed by atoms with Gasteiger partial charge in [-0.15, -0.1) is 0 Å². The molecule has 5 rings (SSSR count).